The van der Waals surface area contributed by atoms with Crippen LogP contribution < -0.4 is 4.90 Å². The maximum Gasteiger partial charge on any atom is 0.275 e. The summed E-state index contributed by atoms with van der Waals surface area (Å²) in [4.78, 5) is 21.4. The zero-order valence-corrected chi connectivity index (χ0v) is 14.3. The van der Waals surface area contributed by atoms with Crippen molar-refractivity contribution in [3.8, 4) is 0 Å². The van der Waals surface area contributed by atoms with E-state index in [-0.39, 0.29) is 5.91 Å². The van der Waals surface area contributed by atoms with Crippen LogP contribution in [0.2, 0.25) is 0 Å². The van der Waals surface area contributed by atoms with Crippen LogP contribution in [0.1, 0.15) is 22.6 Å². The quantitative estimate of drug-likeness (QED) is 0.782. The number of anilines is 1. The van der Waals surface area contributed by atoms with Gasteiger partial charge in [-0.2, -0.15) is 5.10 Å². The first-order valence-corrected chi connectivity index (χ1v) is 8.62. The normalized spacial score (nSPS) is 15.4. The van der Waals surface area contributed by atoms with Crippen molar-refractivity contribution in [3.05, 3.63) is 54.0 Å². The Morgan fingerprint density at radius 1 is 1.12 bits per heavy atom. The molecule has 0 unspecified atom stereocenters. The molecule has 0 saturated carbocycles. The van der Waals surface area contributed by atoms with Crippen LogP contribution in [0.25, 0.3) is 10.9 Å². The number of rotatable bonds is 2. The summed E-state index contributed by atoms with van der Waals surface area (Å²) in [5, 5.41) is 8.09. The number of H-pyrrole nitrogens is 1. The van der Waals surface area contributed by atoms with Gasteiger partial charge in [0.25, 0.3) is 5.91 Å². The smallest absolute Gasteiger partial charge is 0.275 e. The summed E-state index contributed by atoms with van der Waals surface area (Å²) < 4.78 is 0. The maximum atomic E-state index is 12.9. The van der Waals surface area contributed by atoms with Crippen molar-refractivity contribution in [3.63, 3.8) is 0 Å². The van der Waals surface area contributed by atoms with Crippen LogP contribution in [0.4, 0.5) is 5.69 Å². The summed E-state index contributed by atoms with van der Waals surface area (Å²) in [5.74, 6) is 0.00482. The first-order valence-electron chi connectivity index (χ1n) is 8.62. The zero-order chi connectivity index (χ0) is 17.2. The predicted molar refractivity (Wildman–Crippen MR) is 97.8 cm³/mol. The van der Waals surface area contributed by atoms with Gasteiger partial charge in [-0.25, -0.2) is 0 Å². The van der Waals surface area contributed by atoms with Crippen LogP contribution in [-0.2, 0) is 0 Å². The number of pyridine rings is 1. The fourth-order valence-corrected chi connectivity index (χ4v) is 3.38. The molecule has 1 aromatic carbocycles. The Bertz CT molecular complexity index is 903. The molecule has 1 N–H and O–H groups in total. The van der Waals surface area contributed by atoms with Gasteiger partial charge in [0.1, 0.15) is 0 Å². The zero-order valence-electron chi connectivity index (χ0n) is 14.3. The average molecular weight is 335 g/mol. The predicted octanol–water partition coefficient (Wildman–Crippen LogP) is 2.62. The van der Waals surface area contributed by atoms with Gasteiger partial charge in [-0.05, 0) is 31.5 Å². The van der Waals surface area contributed by atoms with E-state index in [9.17, 15) is 4.79 Å². The number of hydrogen-bond acceptors (Lipinski definition) is 4. The minimum Gasteiger partial charge on any atom is -0.370 e. The number of nitrogens with zero attached hydrogens (tertiary/aromatic N) is 4. The Morgan fingerprint density at radius 2 is 2.00 bits per heavy atom. The van der Waals surface area contributed by atoms with Gasteiger partial charge in [0.2, 0.25) is 0 Å². The van der Waals surface area contributed by atoms with Crippen LogP contribution >= 0.6 is 0 Å². The molecule has 1 fully saturated rings. The summed E-state index contributed by atoms with van der Waals surface area (Å²) in [5.41, 5.74) is 3.60. The molecule has 0 spiro atoms. The highest BCUT2D eigenvalue weighted by molar-refractivity contribution is 6.04. The van der Waals surface area contributed by atoms with Crippen LogP contribution in [0.5, 0.6) is 0 Å². The molecule has 6 heteroatoms. The molecule has 3 heterocycles. The standard InChI is InChI=1S/C19H21N5O/c1-14-13-15(7-8-20-14)23-9-4-10-24(12-11-23)19(25)18-16-5-2-3-6-17(16)21-22-18/h2-3,5-8,13H,4,9-12H2,1H3,(H,21,22). The largest absolute Gasteiger partial charge is 0.370 e. The molecule has 4 rings (SSSR count). The number of fused-ring (bicyclic) bond motifs is 1. The van der Waals surface area contributed by atoms with E-state index in [2.05, 4.69) is 26.1 Å². The lowest BCUT2D eigenvalue weighted by atomic mass is 10.2. The minimum absolute atomic E-state index is 0.00482. The van der Waals surface area contributed by atoms with Crippen molar-refractivity contribution in [2.45, 2.75) is 13.3 Å². The van der Waals surface area contributed by atoms with Gasteiger partial charge >= 0.3 is 0 Å². The summed E-state index contributed by atoms with van der Waals surface area (Å²) in [6.07, 6.45) is 2.78. The van der Waals surface area contributed by atoms with Crippen LogP contribution in [0, 0.1) is 6.92 Å². The first-order chi connectivity index (χ1) is 12.2. The SMILES string of the molecule is Cc1cc(N2CCCN(C(=O)c3n[nH]c4ccccc34)CC2)ccn1. The lowest BCUT2D eigenvalue weighted by Gasteiger charge is -2.23. The molecule has 1 aliphatic heterocycles. The minimum atomic E-state index is 0.00482. The molecule has 25 heavy (non-hydrogen) atoms. The highest BCUT2D eigenvalue weighted by atomic mass is 16.2. The number of carbonyl (C=O) groups is 1. The Hall–Kier alpha value is -2.89. The molecule has 0 aliphatic carbocycles. The van der Waals surface area contributed by atoms with Crippen molar-refractivity contribution in [2.24, 2.45) is 0 Å². The van der Waals surface area contributed by atoms with E-state index in [1.165, 1.54) is 5.69 Å². The van der Waals surface area contributed by atoms with E-state index < -0.39 is 0 Å². The lowest BCUT2D eigenvalue weighted by Crippen LogP contribution is -2.35. The number of nitrogens with one attached hydrogen (secondary N) is 1. The molecule has 0 radical (unpaired) electrons. The van der Waals surface area contributed by atoms with Crippen molar-refractivity contribution < 1.29 is 4.79 Å². The average Bonchev–Trinajstić information content (AvgIpc) is 2.90. The molecule has 1 aliphatic rings. The number of aromatic amines is 1. The molecule has 3 aromatic rings. The van der Waals surface area contributed by atoms with Crippen molar-refractivity contribution in [1.29, 1.82) is 0 Å². The highest BCUT2D eigenvalue weighted by Crippen LogP contribution is 2.20. The Balaban J connectivity index is 1.51. The molecular weight excluding hydrogens is 314 g/mol. The number of hydrogen-bond donors (Lipinski definition) is 1. The van der Waals surface area contributed by atoms with Crippen LogP contribution in [0.3, 0.4) is 0 Å². The van der Waals surface area contributed by atoms with Crippen molar-refractivity contribution >= 4 is 22.5 Å². The highest BCUT2D eigenvalue weighted by Gasteiger charge is 2.23. The van der Waals surface area contributed by atoms with Gasteiger partial charge in [-0.1, -0.05) is 18.2 Å². The number of carbonyl (C=O) groups excluding carboxylic acids is 1. The number of amides is 1. The van der Waals surface area contributed by atoms with E-state index in [1.54, 1.807) is 0 Å². The van der Waals surface area contributed by atoms with Crippen molar-refractivity contribution in [2.75, 3.05) is 31.1 Å². The molecule has 128 valence electrons. The summed E-state index contributed by atoms with van der Waals surface area (Å²) in [6, 6.07) is 11.9. The summed E-state index contributed by atoms with van der Waals surface area (Å²) in [7, 11) is 0. The molecule has 2 aromatic heterocycles. The fraction of sp³-hybridized carbons (Fsp3) is 0.316. The molecule has 0 bridgehead atoms. The number of aryl methyl sites for hydroxylation is 1. The van der Waals surface area contributed by atoms with Gasteiger partial charge in [-0.3, -0.25) is 14.9 Å². The van der Waals surface area contributed by atoms with E-state index in [0.717, 1.165) is 42.7 Å². The summed E-state index contributed by atoms with van der Waals surface area (Å²) in [6.45, 7) is 5.20. The second-order valence-corrected chi connectivity index (χ2v) is 6.41. The van der Waals surface area contributed by atoms with Crippen LogP contribution in [0.15, 0.2) is 42.6 Å². The Morgan fingerprint density at radius 3 is 2.88 bits per heavy atom. The Kier molecular flexibility index (Phi) is 4.09. The number of benzene rings is 1. The van der Waals surface area contributed by atoms with E-state index in [1.807, 2.05) is 48.4 Å². The Labute approximate surface area is 146 Å². The van der Waals surface area contributed by atoms with Gasteiger partial charge < -0.3 is 9.80 Å². The third kappa shape index (κ3) is 3.07. The van der Waals surface area contributed by atoms with Gasteiger partial charge in [-0.15, -0.1) is 0 Å². The topological polar surface area (TPSA) is 65.1 Å². The third-order valence-corrected chi connectivity index (χ3v) is 4.70. The van der Waals surface area contributed by atoms with Gasteiger partial charge in [0.05, 0.1) is 5.52 Å². The summed E-state index contributed by atoms with van der Waals surface area (Å²) >= 11 is 0. The first kappa shape index (κ1) is 15.6. The number of para-hydroxylation sites is 1. The third-order valence-electron chi connectivity index (χ3n) is 4.70. The second-order valence-electron chi connectivity index (χ2n) is 6.41. The molecule has 1 saturated heterocycles. The molecule has 0 atom stereocenters. The number of aromatic nitrogens is 3. The van der Waals surface area contributed by atoms with Crippen molar-refractivity contribution in [1.82, 2.24) is 20.1 Å². The maximum absolute atomic E-state index is 12.9. The van der Waals surface area contributed by atoms with E-state index in [0.29, 0.717) is 12.2 Å². The molecule has 6 nitrogen and oxygen atoms in total. The molecular formula is C19H21N5O. The second kappa shape index (κ2) is 6.55. The lowest BCUT2D eigenvalue weighted by molar-refractivity contribution is 0.0763. The van der Waals surface area contributed by atoms with E-state index >= 15 is 0 Å². The fourth-order valence-electron chi connectivity index (χ4n) is 3.38. The van der Waals surface area contributed by atoms with Gasteiger partial charge in [0, 0.05) is 49.1 Å². The van der Waals surface area contributed by atoms with Crippen LogP contribution in [-0.4, -0.2) is 52.2 Å². The monoisotopic (exact) mass is 335 g/mol. The van der Waals surface area contributed by atoms with E-state index in [4.69, 9.17) is 0 Å². The van der Waals surface area contributed by atoms with Gasteiger partial charge in [0.15, 0.2) is 5.69 Å². The molecule has 1 amide bonds.